The number of amides is 1. The lowest BCUT2D eigenvalue weighted by Gasteiger charge is -2.20. The van der Waals surface area contributed by atoms with E-state index in [4.69, 9.17) is 20.8 Å². The number of hydrogen-bond acceptors (Lipinski definition) is 7. The Hall–Kier alpha value is -1.64. The van der Waals surface area contributed by atoms with Crippen molar-refractivity contribution in [3.8, 4) is 11.1 Å². The average Bonchev–Trinajstić information content (AvgIpc) is 3.24. The molecule has 22 heavy (non-hydrogen) atoms. The van der Waals surface area contributed by atoms with Gasteiger partial charge in [0, 0.05) is 18.1 Å². The summed E-state index contributed by atoms with van der Waals surface area (Å²) in [5, 5.41) is 14.1. The SMILES string of the molecule is O=C(NC1CC2CCC1N2)c1ccc(Oc2nnc(Cl)o2)s1. The van der Waals surface area contributed by atoms with Gasteiger partial charge in [-0.2, -0.15) is 0 Å². The summed E-state index contributed by atoms with van der Waals surface area (Å²) < 4.78 is 10.3. The van der Waals surface area contributed by atoms with Crippen LogP contribution in [-0.4, -0.2) is 34.2 Å². The third kappa shape index (κ3) is 2.69. The van der Waals surface area contributed by atoms with E-state index in [0.717, 1.165) is 12.8 Å². The first-order valence-electron chi connectivity index (χ1n) is 7.01. The van der Waals surface area contributed by atoms with E-state index in [-0.39, 0.29) is 23.4 Å². The van der Waals surface area contributed by atoms with Crippen LogP contribution >= 0.6 is 22.9 Å². The Balaban J connectivity index is 1.39. The van der Waals surface area contributed by atoms with Crippen LogP contribution in [0.4, 0.5) is 0 Å². The van der Waals surface area contributed by atoms with Gasteiger partial charge in [0.25, 0.3) is 5.91 Å². The first-order valence-corrected chi connectivity index (χ1v) is 8.20. The highest BCUT2D eigenvalue weighted by molar-refractivity contribution is 7.15. The molecule has 9 heteroatoms. The number of rotatable bonds is 4. The molecule has 3 atom stereocenters. The third-order valence-electron chi connectivity index (χ3n) is 3.99. The maximum Gasteiger partial charge on any atom is 0.422 e. The lowest BCUT2D eigenvalue weighted by molar-refractivity contribution is 0.0935. The van der Waals surface area contributed by atoms with Crippen LogP contribution in [0.5, 0.6) is 11.1 Å². The van der Waals surface area contributed by atoms with E-state index < -0.39 is 0 Å². The maximum atomic E-state index is 12.3. The minimum absolute atomic E-state index is 0.0453. The summed E-state index contributed by atoms with van der Waals surface area (Å²) in [5.41, 5.74) is 0. The molecule has 2 N–H and O–H groups in total. The van der Waals surface area contributed by atoms with E-state index in [0.29, 0.717) is 22.0 Å². The standard InChI is InChI=1S/C13H13ClN4O3S/c14-12-17-18-13(21-12)20-10-4-3-9(22-10)11(19)16-8-5-6-1-2-7(8)15-6/h3-4,6-8,15H,1-2,5H2,(H,16,19). The summed E-state index contributed by atoms with van der Waals surface area (Å²) in [7, 11) is 0. The van der Waals surface area contributed by atoms with Crippen molar-refractivity contribution in [1.29, 1.82) is 0 Å². The van der Waals surface area contributed by atoms with Gasteiger partial charge in [0.2, 0.25) is 0 Å². The third-order valence-corrected chi connectivity index (χ3v) is 5.11. The van der Waals surface area contributed by atoms with E-state index in [1.54, 1.807) is 12.1 Å². The molecule has 2 aromatic heterocycles. The maximum absolute atomic E-state index is 12.3. The molecule has 2 bridgehead atoms. The van der Waals surface area contributed by atoms with Gasteiger partial charge in [-0.1, -0.05) is 21.5 Å². The second-order valence-electron chi connectivity index (χ2n) is 5.40. The zero-order chi connectivity index (χ0) is 15.1. The molecule has 1 amide bonds. The Labute approximate surface area is 135 Å². The molecule has 4 heterocycles. The van der Waals surface area contributed by atoms with Gasteiger partial charge in [-0.05, 0) is 43.0 Å². The Morgan fingerprint density at radius 1 is 1.45 bits per heavy atom. The highest BCUT2D eigenvalue weighted by atomic mass is 35.5. The molecule has 0 aliphatic carbocycles. The van der Waals surface area contributed by atoms with E-state index in [1.807, 2.05) is 0 Å². The Morgan fingerprint density at radius 3 is 3.05 bits per heavy atom. The Morgan fingerprint density at radius 2 is 2.36 bits per heavy atom. The smallest absolute Gasteiger partial charge is 0.399 e. The molecule has 3 unspecified atom stereocenters. The molecular formula is C13H13ClN4O3S. The van der Waals surface area contributed by atoms with Gasteiger partial charge in [-0.15, -0.1) is 0 Å². The molecule has 0 saturated carbocycles. The molecule has 7 nitrogen and oxygen atoms in total. The number of thiophene rings is 1. The highest BCUT2D eigenvalue weighted by Gasteiger charge is 2.39. The number of nitrogens with one attached hydrogen (secondary N) is 2. The van der Waals surface area contributed by atoms with Gasteiger partial charge in [0.1, 0.15) is 0 Å². The zero-order valence-electron chi connectivity index (χ0n) is 11.4. The van der Waals surface area contributed by atoms with E-state index in [9.17, 15) is 4.79 Å². The first kappa shape index (κ1) is 14.0. The normalized spacial score (nSPS) is 26.3. The van der Waals surface area contributed by atoms with Crippen molar-refractivity contribution < 1.29 is 13.9 Å². The lowest BCUT2D eigenvalue weighted by atomic mass is 9.95. The zero-order valence-corrected chi connectivity index (χ0v) is 13.0. The van der Waals surface area contributed by atoms with Crippen LogP contribution in [-0.2, 0) is 0 Å². The average molecular weight is 341 g/mol. The number of carbonyl (C=O) groups is 1. The number of nitrogens with zero attached hydrogens (tertiary/aromatic N) is 2. The predicted molar refractivity (Wildman–Crippen MR) is 79.5 cm³/mol. The van der Waals surface area contributed by atoms with Crippen LogP contribution in [0, 0.1) is 0 Å². The van der Waals surface area contributed by atoms with Gasteiger partial charge in [-0.25, -0.2) is 0 Å². The van der Waals surface area contributed by atoms with Crippen molar-refractivity contribution >= 4 is 28.8 Å². The number of halogens is 1. The van der Waals surface area contributed by atoms with Crippen molar-refractivity contribution in [2.45, 2.75) is 37.4 Å². The van der Waals surface area contributed by atoms with Gasteiger partial charge in [0.05, 0.1) is 4.88 Å². The van der Waals surface area contributed by atoms with Gasteiger partial charge in [-0.3, -0.25) is 4.79 Å². The first-order chi connectivity index (χ1) is 10.7. The quantitative estimate of drug-likeness (QED) is 0.887. The summed E-state index contributed by atoms with van der Waals surface area (Å²) in [6.07, 6.45) is 3.30. The molecular weight excluding hydrogens is 328 g/mol. The number of carbonyl (C=O) groups excluding carboxylic acids is 1. The van der Waals surface area contributed by atoms with Crippen LogP contribution in [0.2, 0.25) is 5.35 Å². The Kier molecular flexibility index (Phi) is 3.51. The molecule has 2 aliphatic heterocycles. The van der Waals surface area contributed by atoms with Crippen molar-refractivity contribution in [1.82, 2.24) is 20.8 Å². The molecule has 2 saturated heterocycles. The van der Waals surface area contributed by atoms with Crippen LogP contribution in [0.3, 0.4) is 0 Å². The second-order valence-corrected chi connectivity index (χ2v) is 6.77. The van der Waals surface area contributed by atoms with Crippen LogP contribution in [0.25, 0.3) is 0 Å². The fourth-order valence-corrected chi connectivity index (χ4v) is 3.90. The topological polar surface area (TPSA) is 89.3 Å². The summed E-state index contributed by atoms with van der Waals surface area (Å²) in [6.45, 7) is 0. The fourth-order valence-electron chi connectivity index (χ4n) is 3.04. The van der Waals surface area contributed by atoms with Gasteiger partial charge >= 0.3 is 11.4 Å². The number of fused-ring (bicyclic) bond motifs is 2. The molecule has 2 aliphatic rings. The summed E-state index contributed by atoms with van der Waals surface area (Å²) in [5.74, 6) is -0.0808. The van der Waals surface area contributed by atoms with Gasteiger partial charge < -0.3 is 19.8 Å². The monoisotopic (exact) mass is 340 g/mol. The van der Waals surface area contributed by atoms with Crippen molar-refractivity contribution in [2.75, 3.05) is 0 Å². The Bertz CT molecular complexity index is 703. The predicted octanol–water partition coefficient (Wildman–Crippen LogP) is 2.20. The largest absolute Gasteiger partial charge is 0.422 e. The number of ether oxygens (including phenoxy) is 1. The summed E-state index contributed by atoms with van der Waals surface area (Å²) in [6, 6.07) is 4.59. The van der Waals surface area contributed by atoms with Crippen LogP contribution in [0.1, 0.15) is 28.9 Å². The van der Waals surface area contributed by atoms with Crippen molar-refractivity contribution in [2.24, 2.45) is 0 Å². The van der Waals surface area contributed by atoms with Crippen LogP contribution < -0.4 is 15.4 Å². The van der Waals surface area contributed by atoms with Crippen molar-refractivity contribution in [3.63, 3.8) is 0 Å². The van der Waals surface area contributed by atoms with E-state index in [1.165, 1.54) is 17.8 Å². The molecule has 4 rings (SSSR count). The lowest BCUT2D eigenvalue weighted by Crippen LogP contribution is -2.42. The molecule has 116 valence electrons. The van der Waals surface area contributed by atoms with E-state index >= 15 is 0 Å². The molecule has 2 fully saturated rings. The van der Waals surface area contributed by atoms with Crippen molar-refractivity contribution in [3.05, 3.63) is 22.4 Å². The molecule has 0 spiro atoms. The second kappa shape index (κ2) is 5.53. The molecule has 0 radical (unpaired) electrons. The fraction of sp³-hybridized carbons (Fsp3) is 0.462. The highest BCUT2D eigenvalue weighted by Crippen LogP contribution is 2.31. The summed E-state index contributed by atoms with van der Waals surface area (Å²) >= 11 is 6.74. The van der Waals surface area contributed by atoms with Crippen LogP contribution in [0.15, 0.2) is 16.5 Å². The number of hydrogen-bond donors (Lipinski definition) is 2. The van der Waals surface area contributed by atoms with Gasteiger partial charge in [0.15, 0.2) is 5.06 Å². The summed E-state index contributed by atoms with van der Waals surface area (Å²) in [4.78, 5) is 12.9. The minimum Gasteiger partial charge on any atom is -0.399 e. The minimum atomic E-state index is -0.0895. The molecule has 2 aromatic rings. The molecule has 0 aromatic carbocycles. The number of aromatic nitrogens is 2. The van der Waals surface area contributed by atoms with E-state index in [2.05, 4.69) is 20.8 Å².